The lowest BCUT2D eigenvalue weighted by Gasteiger charge is -2.37. The van der Waals surface area contributed by atoms with Gasteiger partial charge in [-0.2, -0.15) is 0 Å². The Bertz CT molecular complexity index is 3150. The summed E-state index contributed by atoms with van der Waals surface area (Å²) < 4.78 is 26.5. The van der Waals surface area contributed by atoms with Gasteiger partial charge < -0.3 is 29.0 Å². The van der Waals surface area contributed by atoms with Gasteiger partial charge in [0.25, 0.3) is 17.7 Å². The van der Waals surface area contributed by atoms with E-state index < -0.39 is 19.8 Å². The molecule has 3 amide bonds. The lowest BCUT2D eigenvalue weighted by molar-refractivity contribution is -0.146. The third-order valence-electron chi connectivity index (χ3n) is 15.0. The summed E-state index contributed by atoms with van der Waals surface area (Å²) in [6.45, 7) is 7.20. The number of aliphatic hydroxyl groups is 1. The molecule has 7 aromatic rings. The molecule has 6 aromatic carbocycles. The Morgan fingerprint density at radius 3 is 2.03 bits per heavy atom. The van der Waals surface area contributed by atoms with Gasteiger partial charge in [-0.3, -0.25) is 28.9 Å². The predicted molar refractivity (Wildman–Crippen MR) is 272 cm³/mol. The van der Waals surface area contributed by atoms with E-state index in [1.54, 1.807) is 16.9 Å². The van der Waals surface area contributed by atoms with E-state index in [9.17, 15) is 14.7 Å². The quantitative estimate of drug-likeness (QED) is 0.112. The van der Waals surface area contributed by atoms with Crippen molar-refractivity contribution >= 4 is 59.4 Å². The summed E-state index contributed by atoms with van der Waals surface area (Å²) in [7, 11) is -0.899. The molecule has 0 radical (unpaired) electrons. The molecule has 15 heteroatoms. The molecule has 14 nitrogen and oxygen atoms in total. The van der Waals surface area contributed by atoms with Crippen LogP contribution in [-0.4, -0.2) is 78.9 Å². The van der Waals surface area contributed by atoms with Gasteiger partial charge in [-0.05, 0) is 89.8 Å². The zero-order chi connectivity index (χ0) is 49.0. The van der Waals surface area contributed by atoms with Crippen LogP contribution < -0.4 is 34.1 Å². The van der Waals surface area contributed by atoms with Crippen LogP contribution in [0.5, 0.6) is 17.2 Å². The molecular weight excluding hydrogens is 913 g/mol. The maximum Gasteiger partial charge on any atom is 0.269 e. The van der Waals surface area contributed by atoms with Gasteiger partial charge in [0.1, 0.15) is 17.2 Å². The number of hydrogen-bond acceptors (Lipinski definition) is 10. The molecule has 4 aliphatic heterocycles. The van der Waals surface area contributed by atoms with Crippen LogP contribution in [-0.2, 0) is 37.8 Å². The van der Waals surface area contributed by atoms with Crippen molar-refractivity contribution in [1.29, 1.82) is 0 Å². The molecule has 1 unspecified atom stereocenters. The number of methoxy groups -OCH3 is 1. The molecule has 4 aliphatic rings. The number of fused-ring (bicyclic) bond motifs is 4. The molecular formula is C56H54N6O8Si. The van der Waals surface area contributed by atoms with E-state index in [0.717, 1.165) is 16.9 Å². The summed E-state index contributed by atoms with van der Waals surface area (Å²) in [4.78, 5) is 48.3. The zero-order valence-corrected chi connectivity index (χ0v) is 41.0. The highest BCUT2D eigenvalue weighted by atomic mass is 28.3. The number of anilines is 5. The minimum Gasteiger partial charge on any atom is -0.497 e. The number of aliphatic hydroxyl groups excluding tert-OH is 1. The summed E-state index contributed by atoms with van der Waals surface area (Å²) in [5, 5.41) is 20.7. The summed E-state index contributed by atoms with van der Waals surface area (Å²) in [5.74, 6) is 0.719. The molecule has 1 saturated heterocycles. The first-order valence-corrected chi connectivity index (χ1v) is 27.1. The van der Waals surface area contributed by atoms with Gasteiger partial charge in [0, 0.05) is 35.6 Å². The van der Waals surface area contributed by atoms with Crippen molar-refractivity contribution in [3.8, 4) is 17.2 Å². The Kier molecular flexibility index (Phi) is 11.8. The second kappa shape index (κ2) is 18.3. The van der Waals surface area contributed by atoms with Crippen molar-refractivity contribution in [2.75, 3.05) is 41.6 Å². The first kappa shape index (κ1) is 45.8. The molecule has 1 N–H and O–H groups in total. The second-order valence-corrected chi connectivity index (χ2v) is 23.9. The number of carbonyl (C=O) groups excluding carboxylic acids is 3. The lowest BCUT2D eigenvalue weighted by Crippen LogP contribution is -2.51. The van der Waals surface area contributed by atoms with E-state index in [1.807, 2.05) is 149 Å². The summed E-state index contributed by atoms with van der Waals surface area (Å²) >= 11 is 0. The molecule has 360 valence electrons. The normalized spacial score (nSPS) is 20.9. The highest BCUT2D eigenvalue weighted by molar-refractivity contribution is 6.91. The zero-order valence-electron chi connectivity index (χ0n) is 40.0. The largest absolute Gasteiger partial charge is 0.497 e. The second-order valence-electron chi connectivity index (χ2n) is 19.2. The van der Waals surface area contributed by atoms with Crippen molar-refractivity contribution < 1.29 is 38.4 Å². The highest BCUT2D eigenvalue weighted by Crippen LogP contribution is 2.61. The molecule has 0 bridgehead atoms. The number of carbonyl (C=O) groups is 3. The summed E-state index contributed by atoms with van der Waals surface area (Å²) in [5.41, 5.74) is 4.90. The third-order valence-corrected chi connectivity index (χ3v) is 19.3. The number of aromatic nitrogens is 3. The monoisotopic (exact) mass is 966 g/mol. The molecule has 5 heterocycles. The van der Waals surface area contributed by atoms with Crippen molar-refractivity contribution in [2.24, 2.45) is 5.92 Å². The number of hydrogen-bond donors (Lipinski definition) is 1. The number of aryl methyl sites for hydroxylation is 1. The summed E-state index contributed by atoms with van der Waals surface area (Å²) in [6, 6.07) is 46.5. The molecule has 1 aromatic heterocycles. The van der Waals surface area contributed by atoms with Crippen LogP contribution in [0.3, 0.4) is 0 Å². The van der Waals surface area contributed by atoms with E-state index in [1.165, 1.54) is 5.19 Å². The minimum atomic E-state index is -2.56. The fourth-order valence-electron chi connectivity index (χ4n) is 11.5. The van der Waals surface area contributed by atoms with Gasteiger partial charge in [-0.1, -0.05) is 109 Å². The van der Waals surface area contributed by atoms with Crippen molar-refractivity contribution in [3.63, 3.8) is 0 Å². The van der Waals surface area contributed by atoms with E-state index in [0.29, 0.717) is 64.2 Å². The fourth-order valence-corrected chi connectivity index (χ4v) is 15.5. The maximum absolute atomic E-state index is 16.0. The summed E-state index contributed by atoms with van der Waals surface area (Å²) in [6.07, 6.45) is 2.00. The average Bonchev–Trinajstić information content (AvgIpc) is 4.06. The SMILES string of the molecule is COc1ccc([Si](C)(C)[C@H]2[C@H](CCn3cc(C(CO)c4ccccc4)nn3)O[C@@]3(C(=O)N(Cc4ccc(N5C(=O)COc6ccccc65)cc4)c4ccc(N5C(=O)COc6ccccc65)cc43)[C@@H]2C)cc1. The number of nitrogens with zero attached hydrogens (tertiary/aromatic N) is 6. The first-order valence-electron chi connectivity index (χ1n) is 24.0. The van der Waals surface area contributed by atoms with E-state index in [-0.39, 0.29) is 61.5 Å². The van der Waals surface area contributed by atoms with Gasteiger partial charge in [-0.15, -0.1) is 5.10 Å². The number of rotatable bonds is 13. The molecule has 71 heavy (non-hydrogen) atoms. The molecule has 1 fully saturated rings. The van der Waals surface area contributed by atoms with Gasteiger partial charge in [0.05, 0.1) is 63.1 Å². The third kappa shape index (κ3) is 7.84. The molecule has 1 spiro atoms. The average molecular weight is 967 g/mol. The van der Waals surface area contributed by atoms with E-state index in [2.05, 4.69) is 42.5 Å². The smallest absolute Gasteiger partial charge is 0.269 e. The van der Waals surface area contributed by atoms with Crippen LogP contribution >= 0.6 is 0 Å². The van der Waals surface area contributed by atoms with Gasteiger partial charge in [0.15, 0.2) is 18.8 Å². The van der Waals surface area contributed by atoms with Crippen LogP contribution in [0.2, 0.25) is 18.6 Å². The Labute approximate surface area is 413 Å². The number of para-hydroxylation sites is 4. The minimum absolute atomic E-state index is 0.0693. The van der Waals surface area contributed by atoms with Crippen LogP contribution in [0.1, 0.15) is 41.6 Å². The van der Waals surface area contributed by atoms with Gasteiger partial charge in [-0.25, -0.2) is 0 Å². The van der Waals surface area contributed by atoms with Gasteiger partial charge >= 0.3 is 0 Å². The number of benzene rings is 6. The van der Waals surface area contributed by atoms with Crippen LogP contribution in [0, 0.1) is 5.92 Å². The standard InChI is InChI=1S/C56H54N6O8Si/c1-36-54(71(3,4)42-25-23-41(67-2)24-26-42)51(28-29-59-32-45(57-58-59)43(33-63)38-12-6-5-7-13-38)70-56(36)44-30-40(62-48-15-9-11-17-50(48)69-35-53(62)65)22-27-46(44)60(55(56)66)31-37-18-20-39(21-19-37)61-47-14-8-10-16-49(47)68-34-52(61)64/h5-27,30,32,36,43,51,54,63H,28-29,31,33-35H2,1-4H3/t36-,43?,51+,54-,56+/m1/s1. The van der Waals surface area contributed by atoms with Crippen LogP contribution in [0.25, 0.3) is 0 Å². The molecule has 0 saturated carbocycles. The fraction of sp³-hybridized carbons (Fsp3) is 0.268. The Hall–Kier alpha value is -7.59. The Balaban J connectivity index is 0.990. The van der Waals surface area contributed by atoms with E-state index in [4.69, 9.17) is 18.9 Å². The molecule has 11 rings (SSSR count). The van der Waals surface area contributed by atoms with Crippen molar-refractivity contribution in [1.82, 2.24) is 15.0 Å². The first-order chi connectivity index (χ1) is 34.5. The van der Waals surface area contributed by atoms with Crippen molar-refractivity contribution in [2.45, 2.75) is 62.7 Å². The Morgan fingerprint density at radius 2 is 1.38 bits per heavy atom. The maximum atomic E-state index is 16.0. The van der Waals surface area contributed by atoms with E-state index >= 15 is 4.79 Å². The Morgan fingerprint density at radius 1 is 0.761 bits per heavy atom. The number of amides is 3. The lowest BCUT2D eigenvalue weighted by atomic mass is 9.82. The molecule has 5 atom stereocenters. The number of ether oxygens (including phenoxy) is 4. The van der Waals surface area contributed by atoms with Gasteiger partial charge in [0.2, 0.25) is 0 Å². The predicted octanol–water partition coefficient (Wildman–Crippen LogP) is 8.38. The van der Waals surface area contributed by atoms with Crippen LogP contribution in [0.15, 0.2) is 152 Å². The van der Waals surface area contributed by atoms with Crippen LogP contribution in [0.4, 0.5) is 28.4 Å². The molecule has 0 aliphatic carbocycles. The topological polar surface area (TPSA) is 149 Å². The van der Waals surface area contributed by atoms with Crippen molar-refractivity contribution in [3.05, 3.63) is 174 Å². The highest BCUT2D eigenvalue weighted by Gasteiger charge is 2.66.